The van der Waals surface area contributed by atoms with Crippen molar-refractivity contribution in [3.05, 3.63) is 0 Å². The van der Waals surface area contributed by atoms with Crippen LogP contribution in [0.4, 0.5) is 0 Å². The van der Waals surface area contributed by atoms with Crippen molar-refractivity contribution >= 4 is 23.2 Å². The summed E-state index contributed by atoms with van der Waals surface area (Å²) in [6.45, 7) is 4.78. The fourth-order valence-corrected chi connectivity index (χ4v) is 2.13. The summed E-state index contributed by atoms with van der Waals surface area (Å²) in [7, 11) is 0. The lowest BCUT2D eigenvalue weighted by Crippen LogP contribution is -2.34. The van der Waals surface area contributed by atoms with Crippen molar-refractivity contribution < 1.29 is 4.79 Å². The van der Waals surface area contributed by atoms with Crippen LogP contribution >= 0.6 is 11.8 Å². The molecule has 0 radical (unpaired) electrons. The van der Waals surface area contributed by atoms with Crippen LogP contribution in [-0.2, 0) is 4.79 Å². The topological polar surface area (TPSA) is 41.5 Å². The maximum absolute atomic E-state index is 11.5. The van der Waals surface area contributed by atoms with Crippen molar-refractivity contribution in [2.24, 2.45) is 10.4 Å². The van der Waals surface area contributed by atoms with Crippen molar-refractivity contribution in [1.29, 1.82) is 0 Å². The zero-order chi connectivity index (χ0) is 9.90. The minimum absolute atomic E-state index is 0.245. The summed E-state index contributed by atoms with van der Waals surface area (Å²) in [4.78, 5) is 15.6. The standard InChI is InChI=1S/C9H16N2OS/c1-9(2,8(12)13-3)4-7-5-10-6-11-7/h6-7H,4-5H2,1-3H3,(H,10,11). The lowest BCUT2D eigenvalue weighted by molar-refractivity contribution is -0.118. The molecule has 13 heavy (non-hydrogen) atoms. The number of hydrogen-bond acceptors (Lipinski definition) is 4. The summed E-state index contributed by atoms with van der Waals surface area (Å²) in [5.74, 6) is 0. The fourth-order valence-electron chi connectivity index (χ4n) is 1.49. The lowest BCUT2D eigenvalue weighted by atomic mass is 9.87. The Morgan fingerprint density at radius 2 is 2.46 bits per heavy atom. The molecular formula is C9H16N2OS. The molecule has 0 aromatic carbocycles. The summed E-state index contributed by atoms with van der Waals surface area (Å²) in [6.07, 6.45) is 4.42. The Labute approximate surface area is 83.4 Å². The van der Waals surface area contributed by atoms with Crippen LogP contribution in [-0.4, -0.2) is 30.3 Å². The van der Waals surface area contributed by atoms with Crippen LogP contribution in [0.3, 0.4) is 0 Å². The SMILES string of the molecule is CSC(=O)C(C)(C)CC1CN=CN1. The second-order valence-electron chi connectivity index (χ2n) is 3.94. The Hall–Kier alpha value is -0.510. The van der Waals surface area contributed by atoms with E-state index in [1.54, 1.807) is 6.34 Å². The minimum Gasteiger partial charge on any atom is -0.372 e. The molecule has 1 unspecified atom stereocenters. The lowest BCUT2D eigenvalue weighted by Gasteiger charge is -2.24. The van der Waals surface area contributed by atoms with Gasteiger partial charge in [0.05, 0.1) is 12.9 Å². The molecule has 74 valence electrons. The van der Waals surface area contributed by atoms with Crippen LogP contribution in [0.5, 0.6) is 0 Å². The number of nitrogens with one attached hydrogen (secondary N) is 1. The van der Waals surface area contributed by atoms with Gasteiger partial charge in [-0.1, -0.05) is 25.6 Å². The molecule has 0 aromatic heterocycles. The van der Waals surface area contributed by atoms with Crippen molar-refractivity contribution in [3.63, 3.8) is 0 Å². The molecule has 0 bridgehead atoms. The third-order valence-corrected chi connectivity index (χ3v) is 3.15. The van der Waals surface area contributed by atoms with Gasteiger partial charge in [0.2, 0.25) is 0 Å². The molecule has 4 heteroatoms. The van der Waals surface area contributed by atoms with Crippen LogP contribution in [0, 0.1) is 5.41 Å². The first-order valence-electron chi connectivity index (χ1n) is 4.39. The number of hydrogen-bond donors (Lipinski definition) is 1. The Bertz CT molecular complexity index is 218. The highest BCUT2D eigenvalue weighted by Crippen LogP contribution is 2.28. The van der Waals surface area contributed by atoms with Crippen molar-refractivity contribution in [2.45, 2.75) is 26.3 Å². The number of rotatable bonds is 3. The van der Waals surface area contributed by atoms with Gasteiger partial charge >= 0.3 is 0 Å². The Balaban J connectivity index is 2.45. The molecule has 0 saturated carbocycles. The van der Waals surface area contributed by atoms with E-state index >= 15 is 0 Å². The first-order chi connectivity index (χ1) is 6.06. The maximum atomic E-state index is 11.5. The number of thioether (sulfide) groups is 1. The van der Waals surface area contributed by atoms with E-state index in [0.717, 1.165) is 13.0 Å². The van der Waals surface area contributed by atoms with E-state index < -0.39 is 0 Å². The smallest absolute Gasteiger partial charge is 0.194 e. The fraction of sp³-hybridized carbons (Fsp3) is 0.778. The van der Waals surface area contributed by atoms with Crippen LogP contribution in [0.15, 0.2) is 4.99 Å². The summed E-state index contributed by atoms with van der Waals surface area (Å²) in [6, 6.07) is 0.339. The van der Waals surface area contributed by atoms with Gasteiger partial charge in [0.25, 0.3) is 0 Å². The highest BCUT2D eigenvalue weighted by atomic mass is 32.2. The van der Waals surface area contributed by atoms with Crippen molar-refractivity contribution in [2.75, 3.05) is 12.8 Å². The zero-order valence-corrected chi connectivity index (χ0v) is 9.15. The van der Waals surface area contributed by atoms with E-state index in [1.807, 2.05) is 20.1 Å². The van der Waals surface area contributed by atoms with Gasteiger partial charge in [-0.2, -0.15) is 0 Å². The molecule has 1 heterocycles. The second-order valence-corrected chi connectivity index (χ2v) is 4.72. The van der Waals surface area contributed by atoms with Gasteiger partial charge in [-0.05, 0) is 12.7 Å². The maximum Gasteiger partial charge on any atom is 0.194 e. The molecule has 0 saturated heterocycles. The number of carbonyl (C=O) groups is 1. The largest absolute Gasteiger partial charge is 0.372 e. The van der Waals surface area contributed by atoms with E-state index in [0.29, 0.717) is 6.04 Å². The van der Waals surface area contributed by atoms with Gasteiger partial charge in [-0.25, -0.2) is 0 Å². The summed E-state index contributed by atoms with van der Waals surface area (Å²) in [5, 5.41) is 3.39. The average molecular weight is 200 g/mol. The molecular weight excluding hydrogens is 184 g/mol. The normalized spacial score (nSPS) is 21.6. The Kier molecular flexibility index (Phi) is 3.36. The Morgan fingerprint density at radius 3 is 2.92 bits per heavy atom. The third kappa shape index (κ3) is 2.72. The number of carbonyl (C=O) groups excluding carboxylic acids is 1. The predicted octanol–water partition coefficient (Wildman–Crippen LogP) is 1.29. The Morgan fingerprint density at radius 1 is 1.77 bits per heavy atom. The summed E-state index contributed by atoms with van der Waals surface area (Å²) >= 11 is 1.31. The molecule has 0 amide bonds. The van der Waals surface area contributed by atoms with Crippen LogP contribution in [0.25, 0.3) is 0 Å². The molecule has 1 aliphatic heterocycles. The average Bonchev–Trinajstić information content (AvgIpc) is 2.54. The third-order valence-electron chi connectivity index (χ3n) is 2.22. The van der Waals surface area contributed by atoms with Crippen molar-refractivity contribution in [1.82, 2.24) is 5.32 Å². The minimum atomic E-state index is -0.245. The van der Waals surface area contributed by atoms with Gasteiger partial charge in [0.1, 0.15) is 0 Å². The molecule has 0 aromatic rings. The molecule has 3 nitrogen and oxygen atoms in total. The molecule has 1 atom stereocenters. The van der Waals surface area contributed by atoms with Crippen LogP contribution in [0.2, 0.25) is 0 Å². The monoisotopic (exact) mass is 200 g/mol. The van der Waals surface area contributed by atoms with Gasteiger partial charge in [0.15, 0.2) is 5.12 Å². The molecule has 1 aliphatic rings. The highest BCUT2D eigenvalue weighted by Gasteiger charge is 2.30. The number of aliphatic imine (C=N–C) groups is 1. The predicted molar refractivity (Wildman–Crippen MR) is 57.2 cm³/mol. The van der Waals surface area contributed by atoms with Gasteiger partial charge in [-0.15, -0.1) is 0 Å². The van der Waals surface area contributed by atoms with Crippen LogP contribution < -0.4 is 5.32 Å². The molecule has 1 rings (SSSR count). The summed E-state index contributed by atoms with van der Waals surface area (Å²) < 4.78 is 0. The first kappa shape index (κ1) is 10.6. The quantitative estimate of drug-likeness (QED) is 0.746. The van der Waals surface area contributed by atoms with Gasteiger partial charge in [0, 0.05) is 11.5 Å². The van der Waals surface area contributed by atoms with E-state index in [-0.39, 0.29) is 10.5 Å². The van der Waals surface area contributed by atoms with E-state index in [2.05, 4.69) is 10.3 Å². The number of nitrogens with zero attached hydrogens (tertiary/aromatic N) is 1. The van der Waals surface area contributed by atoms with E-state index in [1.165, 1.54) is 11.8 Å². The molecule has 1 N–H and O–H groups in total. The zero-order valence-electron chi connectivity index (χ0n) is 8.33. The summed E-state index contributed by atoms with van der Waals surface area (Å²) in [5.41, 5.74) is -0.245. The molecule has 0 fully saturated rings. The highest BCUT2D eigenvalue weighted by molar-refractivity contribution is 8.13. The van der Waals surface area contributed by atoms with Crippen LogP contribution in [0.1, 0.15) is 20.3 Å². The van der Waals surface area contributed by atoms with Gasteiger partial charge in [-0.3, -0.25) is 9.79 Å². The van der Waals surface area contributed by atoms with Crippen molar-refractivity contribution in [3.8, 4) is 0 Å². The van der Waals surface area contributed by atoms with E-state index in [9.17, 15) is 4.79 Å². The van der Waals surface area contributed by atoms with E-state index in [4.69, 9.17) is 0 Å². The first-order valence-corrected chi connectivity index (χ1v) is 5.61. The molecule has 0 aliphatic carbocycles. The van der Waals surface area contributed by atoms with Gasteiger partial charge < -0.3 is 5.32 Å². The molecule has 0 spiro atoms. The second kappa shape index (κ2) is 4.13.